The van der Waals surface area contributed by atoms with E-state index in [0.29, 0.717) is 21.3 Å². The summed E-state index contributed by atoms with van der Waals surface area (Å²) in [6, 6.07) is 8.82. The number of likely N-dealkylation sites (tertiary alicyclic amines) is 1. The Morgan fingerprint density at radius 1 is 1.10 bits per heavy atom. The average Bonchev–Trinajstić information content (AvgIpc) is 3.37. The molecule has 1 aliphatic heterocycles. The third-order valence-electron chi connectivity index (χ3n) is 5.03. The fourth-order valence-electron chi connectivity index (χ4n) is 3.36. The SMILES string of the molecule is Cc1ccc(NS(=O)(=O)c2cc(-c3nc(C)c(C(=O)N4CCCCC4)s3)cs2)cc1. The minimum absolute atomic E-state index is 0.0278. The fraction of sp³-hybridized carbons (Fsp3) is 0.333. The third kappa shape index (κ3) is 4.43. The van der Waals surface area contributed by atoms with Crippen LogP contribution in [0.2, 0.25) is 0 Å². The van der Waals surface area contributed by atoms with E-state index in [-0.39, 0.29) is 10.1 Å². The normalized spacial score (nSPS) is 14.7. The molecule has 4 rings (SSSR count). The zero-order valence-electron chi connectivity index (χ0n) is 16.8. The van der Waals surface area contributed by atoms with E-state index in [1.165, 1.54) is 17.8 Å². The average molecular weight is 462 g/mol. The molecule has 0 bridgehead atoms. The van der Waals surface area contributed by atoms with Gasteiger partial charge in [0.1, 0.15) is 14.1 Å². The number of hydrogen-bond acceptors (Lipinski definition) is 6. The second-order valence-electron chi connectivity index (χ2n) is 7.41. The van der Waals surface area contributed by atoms with Crippen molar-refractivity contribution in [2.45, 2.75) is 37.3 Å². The first kappa shape index (κ1) is 21.0. The second kappa shape index (κ2) is 8.49. The van der Waals surface area contributed by atoms with E-state index < -0.39 is 10.0 Å². The van der Waals surface area contributed by atoms with Gasteiger partial charge in [-0.25, -0.2) is 13.4 Å². The van der Waals surface area contributed by atoms with Gasteiger partial charge in [0.2, 0.25) is 0 Å². The maximum Gasteiger partial charge on any atom is 0.271 e. The highest BCUT2D eigenvalue weighted by molar-refractivity contribution is 7.94. The molecule has 1 amide bonds. The Morgan fingerprint density at radius 3 is 2.50 bits per heavy atom. The number of anilines is 1. The molecule has 9 heteroatoms. The van der Waals surface area contributed by atoms with Crippen molar-refractivity contribution in [3.63, 3.8) is 0 Å². The number of carbonyl (C=O) groups is 1. The number of sulfonamides is 1. The van der Waals surface area contributed by atoms with Gasteiger partial charge in [0.05, 0.1) is 5.69 Å². The van der Waals surface area contributed by atoms with Gasteiger partial charge in [-0.05, 0) is 51.3 Å². The van der Waals surface area contributed by atoms with Crippen molar-refractivity contribution >= 4 is 44.3 Å². The minimum atomic E-state index is -3.68. The Labute approximate surface area is 184 Å². The number of rotatable bonds is 5. The number of thiazole rings is 1. The van der Waals surface area contributed by atoms with Crippen LogP contribution in [0.4, 0.5) is 5.69 Å². The van der Waals surface area contributed by atoms with Crippen LogP contribution in [-0.2, 0) is 10.0 Å². The first-order valence-corrected chi connectivity index (χ1v) is 13.0. The summed E-state index contributed by atoms with van der Waals surface area (Å²) >= 11 is 2.48. The maximum atomic E-state index is 12.8. The third-order valence-corrected chi connectivity index (χ3v) is 9.04. The molecular formula is C21H23N3O3S3. The van der Waals surface area contributed by atoms with E-state index in [0.717, 1.165) is 48.4 Å². The topological polar surface area (TPSA) is 79.4 Å². The highest BCUT2D eigenvalue weighted by atomic mass is 32.2. The summed E-state index contributed by atoms with van der Waals surface area (Å²) in [4.78, 5) is 19.9. The lowest BCUT2D eigenvalue weighted by Crippen LogP contribution is -2.35. The molecule has 1 aromatic carbocycles. The van der Waals surface area contributed by atoms with Crippen molar-refractivity contribution < 1.29 is 13.2 Å². The van der Waals surface area contributed by atoms with Gasteiger partial charge in [-0.2, -0.15) is 0 Å². The largest absolute Gasteiger partial charge is 0.338 e. The smallest absolute Gasteiger partial charge is 0.271 e. The number of carbonyl (C=O) groups excluding carboxylic acids is 1. The van der Waals surface area contributed by atoms with Crippen LogP contribution in [0.25, 0.3) is 10.6 Å². The highest BCUT2D eigenvalue weighted by Gasteiger charge is 2.24. The molecule has 6 nitrogen and oxygen atoms in total. The van der Waals surface area contributed by atoms with Crippen LogP contribution < -0.4 is 4.72 Å². The van der Waals surface area contributed by atoms with Crippen molar-refractivity contribution in [1.29, 1.82) is 0 Å². The quantitative estimate of drug-likeness (QED) is 0.585. The number of amides is 1. The summed E-state index contributed by atoms with van der Waals surface area (Å²) in [5, 5.41) is 2.44. The van der Waals surface area contributed by atoms with E-state index >= 15 is 0 Å². The van der Waals surface area contributed by atoms with Crippen LogP contribution in [0, 0.1) is 13.8 Å². The second-order valence-corrected chi connectivity index (χ2v) is 11.2. The molecular weight excluding hydrogens is 438 g/mol. The number of benzene rings is 1. The van der Waals surface area contributed by atoms with Crippen molar-refractivity contribution in [3.05, 3.63) is 51.8 Å². The number of hydrogen-bond donors (Lipinski definition) is 1. The molecule has 0 spiro atoms. The Hall–Kier alpha value is -2.23. The van der Waals surface area contributed by atoms with Crippen LogP contribution in [0.15, 0.2) is 39.9 Å². The van der Waals surface area contributed by atoms with E-state index in [1.54, 1.807) is 23.6 Å². The number of nitrogens with zero attached hydrogens (tertiary/aromatic N) is 2. The number of aryl methyl sites for hydroxylation is 2. The highest BCUT2D eigenvalue weighted by Crippen LogP contribution is 2.34. The Bertz CT molecular complexity index is 1160. The van der Waals surface area contributed by atoms with Gasteiger partial charge in [0.25, 0.3) is 15.9 Å². The molecule has 3 aromatic rings. The summed E-state index contributed by atoms with van der Waals surface area (Å²) in [7, 11) is -3.68. The van der Waals surface area contributed by atoms with Crippen LogP contribution in [0.1, 0.15) is 40.2 Å². The fourth-order valence-corrected chi connectivity index (χ4v) is 6.67. The van der Waals surface area contributed by atoms with E-state index in [1.807, 2.05) is 30.9 Å². The van der Waals surface area contributed by atoms with E-state index in [2.05, 4.69) is 9.71 Å². The molecule has 0 saturated carbocycles. The molecule has 1 saturated heterocycles. The number of nitrogens with one attached hydrogen (secondary N) is 1. The van der Waals surface area contributed by atoms with E-state index in [9.17, 15) is 13.2 Å². The molecule has 0 aliphatic carbocycles. The maximum absolute atomic E-state index is 12.8. The van der Waals surface area contributed by atoms with Crippen LogP contribution in [0.5, 0.6) is 0 Å². The van der Waals surface area contributed by atoms with Gasteiger partial charge in [-0.1, -0.05) is 17.7 Å². The van der Waals surface area contributed by atoms with Gasteiger partial charge < -0.3 is 4.90 Å². The molecule has 0 unspecified atom stereocenters. The minimum Gasteiger partial charge on any atom is -0.338 e. The van der Waals surface area contributed by atoms with Crippen molar-refractivity contribution in [2.75, 3.05) is 17.8 Å². The lowest BCUT2D eigenvalue weighted by atomic mass is 10.1. The van der Waals surface area contributed by atoms with Crippen LogP contribution >= 0.6 is 22.7 Å². The Balaban J connectivity index is 1.55. The summed E-state index contributed by atoms with van der Waals surface area (Å²) in [6.07, 6.45) is 3.24. The molecule has 2 aromatic heterocycles. The lowest BCUT2D eigenvalue weighted by molar-refractivity contribution is 0.0728. The summed E-state index contributed by atoms with van der Waals surface area (Å²) < 4.78 is 28.3. The van der Waals surface area contributed by atoms with Crippen LogP contribution in [0.3, 0.4) is 0 Å². The Morgan fingerprint density at radius 2 is 1.80 bits per heavy atom. The van der Waals surface area contributed by atoms with Gasteiger partial charge >= 0.3 is 0 Å². The zero-order chi connectivity index (χ0) is 21.3. The molecule has 3 heterocycles. The Kier molecular flexibility index (Phi) is 5.95. The predicted molar refractivity (Wildman–Crippen MR) is 122 cm³/mol. The lowest BCUT2D eigenvalue weighted by Gasteiger charge is -2.26. The molecule has 0 radical (unpaired) electrons. The van der Waals surface area contributed by atoms with Gasteiger partial charge in [-0.15, -0.1) is 22.7 Å². The van der Waals surface area contributed by atoms with E-state index in [4.69, 9.17) is 0 Å². The summed E-state index contributed by atoms with van der Waals surface area (Å²) in [5.41, 5.74) is 2.99. The first-order chi connectivity index (χ1) is 14.3. The van der Waals surface area contributed by atoms with Gasteiger partial charge in [0.15, 0.2) is 0 Å². The molecule has 1 aliphatic rings. The van der Waals surface area contributed by atoms with Crippen molar-refractivity contribution in [2.24, 2.45) is 0 Å². The summed E-state index contributed by atoms with van der Waals surface area (Å²) in [6.45, 7) is 5.36. The molecule has 1 N–H and O–H groups in total. The van der Waals surface area contributed by atoms with Crippen LogP contribution in [-0.4, -0.2) is 37.3 Å². The first-order valence-electron chi connectivity index (χ1n) is 9.78. The number of thiophene rings is 1. The summed E-state index contributed by atoms with van der Waals surface area (Å²) in [5.74, 6) is 0.0278. The van der Waals surface area contributed by atoms with Gasteiger partial charge in [-0.3, -0.25) is 9.52 Å². The molecule has 0 atom stereocenters. The van der Waals surface area contributed by atoms with Gasteiger partial charge in [0, 0.05) is 29.7 Å². The van der Waals surface area contributed by atoms with Crippen molar-refractivity contribution in [1.82, 2.24) is 9.88 Å². The number of aromatic nitrogens is 1. The molecule has 1 fully saturated rings. The van der Waals surface area contributed by atoms with Crippen molar-refractivity contribution in [3.8, 4) is 10.6 Å². The monoisotopic (exact) mass is 461 g/mol. The molecule has 30 heavy (non-hydrogen) atoms. The number of piperidine rings is 1. The zero-order valence-corrected chi connectivity index (χ0v) is 19.3. The molecule has 158 valence electrons. The predicted octanol–water partition coefficient (Wildman–Crippen LogP) is 4.92. The standard InChI is InChI=1S/C21H23N3O3S3/c1-14-6-8-17(9-7-14)23-30(26,27)18-12-16(13-28-18)20-22-15(2)19(29-20)21(25)24-10-4-3-5-11-24/h6-9,12-13,23H,3-5,10-11H2,1-2H3.